The average molecular weight is 395 g/mol. The molecule has 2 heterocycles. The number of methoxy groups -OCH3 is 1. The highest BCUT2D eigenvalue weighted by molar-refractivity contribution is 8.03. The van der Waals surface area contributed by atoms with E-state index in [0.717, 1.165) is 15.7 Å². The first-order valence-electron chi connectivity index (χ1n) is 6.98. The normalized spacial score (nSPS) is 10.8. The summed E-state index contributed by atoms with van der Waals surface area (Å²) in [6.07, 6.45) is 0. The van der Waals surface area contributed by atoms with Crippen LogP contribution in [0.1, 0.15) is 5.89 Å². The number of thioether (sulfide) groups is 2. The van der Waals surface area contributed by atoms with E-state index in [-0.39, 0.29) is 11.7 Å². The fourth-order valence-corrected chi connectivity index (χ4v) is 4.36. The zero-order valence-corrected chi connectivity index (χ0v) is 15.5. The topological polar surface area (TPSA) is 117 Å². The van der Waals surface area contributed by atoms with Gasteiger partial charge in [0.25, 0.3) is 0 Å². The number of hydrogen-bond donors (Lipinski definition) is 1. The standard InChI is InChI=1S/C14H13N5O3S3/c1-21-9-4-2-3-8(5-9)12-16-11(22-19-12)7-24-14-18-17-13(25-14)23-6-10(15)20/h2-5H,6-7H2,1H3,(H2,15,20). The van der Waals surface area contributed by atoms with Gasteiger partial charge in [0, 0.05) is 5.56 Å². The van der Waals surface area contributed by atoms with E-state index in [1.165, 1.54) is 34.9 Å². The number of carbonyl (C=O) groups is 1. The third kappa shape index (κ3) is 4.94. The van der Waals surface area contributed by atoms with Crippen molar-refractivity contribution in [2.75, 3.05) is 12.9 Å². The van der Waals surface area contributed by atoms with Crippen molar-refractivity contribution in [3.8, 4) is 17.1 Å². The Balaban J connectivity index is 1.59. The first kappa shape index (κ1) is 17.7. The summed E-state index contributed by atoms with van der Waals surface area (Å²) < 4.78 is 11.9. The largest absolute Gasteiger partial charge is 0.497 e. The van der Waals surface area contributed by atoms with Crippen LogP contribution in [0.5, 0.6) is 5.75 Å². The molecule has 1 aromatic carbocycles. The van der Waals surface area contributed by atoms with Crippen molar-refractivity contribution in [2.24, 2.45) is 5.73 Å². The van der Waals surface area contributed by atoms with Crippen LogP contribution >= 0.6 is 34.9 Å². The fraction of sp³-hybridized carbons (Fsp3) is 0.214. The van der Waals surface area contributed by atoms with Crippen LogP contribution < -0.4 is 10.5 Å². The van der Waals surface area contributed by atoms with Gasteiger partial charge in [-0.1, -0.05) is 52.1 Å². The summed E-state index contributed by atoms with van der Waals surface area (Å²) in [4.78, 5) is 15.1. The van der Waals surface area contributed by atoms with Crippen molar-refractivity contribution < 1.29 is 14.1 Å². The molecule has 0 saturated heterocycles. The minimum Gasteiger partial charge on any atom is -0.497 e. The Kier molecular flexibility index (Phi) is 5.89. The molecule has 0 atom stereocenters. The molecule has 2 aromatic heterocycles. The number of aromatic nitrogens is 4. The number of nitrogens with zero attached hydrogens (tertiary/aromatic N) is 4. The molecule has 0 fully saturated rings. The van der Waals surface area contributed by atoms with Crippen LogP contribution in [0.15, 0.2) is 37.5 Å². The summed E-state index contributed by atoms with van der Waals surface area (Å²) >= 11 is 4.10. The van der Waals surface area contributed by atoms with Crippen molar-refractivity contribution in [1.29, 1.82) is 0 Å². The monoisotopic (exact) mass is 395 g/mol. The lowest BCUT2D eigenvalue weighted by molar-refractivity contribution is -0.115. The molecular formula is C14H13N5O3S3. The highest BCUT2D eigenvalue weighted by atomic mass is 32.2. The predicted octanol–water partition coefficient (Wildman–Crippen LogP) is 2.47. The van der Waals surface area contributed by atoms with E-state index in [4.69, 9.17) is 15.0 Å². The van der Waals surface area contributed by atoms with Crippen LogP contribution in [0.3, 0.4) is 0 Å². The van der Waals surface area contributed by atoms with E-state index < -0.39 is 0 Å². The molecule has 8 nitrogen and oxygen atoms in total. The van der Waals surface area contributed by atoms with Gasteiger partial charge in [-0.25, -0.2) is 0 Å². The Bertz CT molecular complexity index is 867. The van der Waals surface area contributed by atoms with Crippen molar-refractivity contribution >= 4 is 40.8 Å². The minimum atomic E-state index is -0.384. The number of carbonyl (C=O) groups excluding carboxylic acids is 1. The Labute approximate surface area is 155 Å². The van der Waals surface area contributed by atoms with E-state index in [9.17, 15) is 4.79 Å². The number of hydrogen-bond acceptors (Lipinski definition) is 10. The van der Waals surface area contributed by atoms with Gasteiger partial charge in [0.1, 0.15) is 5.75 Å². The van der Waals surface area contributed by atoms with E-state index in [1.807, 2.05) is 24.3 Å². The van der Waals surface area contributed by atoms with Crippen molar-refractivity contribution in [1.82, 2.24) is 20.3 Å². The molecule has 0 bridgehead atoms. The number of benzene rings is 1. The van der Waals surface area contributed by atoms with Gasteiger partial charge in [-0.05, 0) is 12.1 Å². The van der Waals surface area contributed by atoms with E-state index in [2.05, 4.69) is 20.3 Å². The molecule has 0 spiro atoms. The number of primary amides is 1. The van der Waals surface area contributed by atoms with Gasteiger partial charge >= 0.3 is 0 Å². The molecule has 0 aliphatic carbocycles. The molecule has 11 heteroatoms. The Hall–Kier alpha value is -2.11. The van der Waals surface area contributed by atoms with Crippen LogP contribution in [-0.2, 0) is 10.5 Å². The average Bonchev–Trinajstić information content (AvgIpc) is 3.27. The van der Waals surface area contributed by atoms with Crippen LogP contribution in [0, 0.1) is 0 Å². The van der Waals surface area contributed by atoms with Gasteiger partial charge in [0.15, 0.2) is 8.68 Å². The van der Waals surface area contributed by atoms with Crippen molar-refractivity contribution in [3.63, 3.8) is 0 Å². The minimum absolute atomic E-state index is 0.187. The number of ether oxygens (including phenoxy) is 1. The summed E-state index contributed by atoms with van der Waals surface area (Å²) in [5.41, 5.74) is 5.93. The smallest absolute Gasteiger partial charge is 0.237 e. The van der Waals surface area contributed by atoms with Gasteiger partial charge in [-0.15, -0.1) is 10.2 Å². The molecule has 0 radical (unpaired) electrons. The highest BCUT2D eigenvalue weighted by Crippen LogP contribution is 2.30. The molecular weight excluding hydrogens is 382 g/mol. The third-order valence-corrected chi connectivity index (χ3v) is 6.04. The molecule has 3 aromatic rings. The Morgan fingerprint density at radius 3 is 2.88 bits per heavy atom. The van der Waals surface area contributed by atoms with Crippen LogP contribution in [0.25, 0.3) is 11.4 Å². The maximum atomic E-state index is 10.8. The second-order valence-electron chi connectivity index (χ2n) is 4.62. The van der Waals surface area contributed by atoms with E-state index >= 15 is 0 Å². The summed E-state index contributed by atoms with van der Waals surface area (Å²) in [6, 6.07) is 7.45. The maximum Gasteiger partial charge on any atom is 0.237 e. The van der Waals surface area contributed by atoms with Gasteiger partial charge < -0.3 is 15.0 Å². The van der Waals surface area contributed by atoms with Crippen LogP contribution in [0.4, 0.5) is 0 Å². The molecule has 0 aliphatic heterocycles. The SMILES string of the molecule is COc1cccc(-c2noc(CSc3nnc(SCC(N)=O)s3)n2)c1. The highest BCUT2D eigenvalue weighted by Gasteiger charge is 2.12. The van der Waals surface area contributed by atoms with Crippen molar-refractivity contribution in [2.45, 2.75) is 14.4 Å². The Morgan fingerprint density at radius 2 is 2.12 bits per heavy atom. The van der Waals surface area contributed by atoms with Gasteiger partial charge in [-0.3, -0.25) is 4.79 Å². The number of rotatable bonds is 8. The van der Waals surface area contributed by atoms with Crippen molar-refractivity contribution in [3.05, 3.63) is 30.2 Å². The van der Waals surface area contributed by atoms with Gasteiger partial charge in [0.2, 0.25) is 17.6 Å². The summed E-state index contributed by atoms with van der Waals surface area (Å²) in [5.74, 6) is 2.01. The van der Waals surface area contributed by atoms with E-state index in [1.54, 1.807) is 7.11 Å². The molecule has 0 aliphatic rings. The zero-order chi connectivity index (χ0) is 17.6. The number of amides is 1. The molecule has 2 N–H and O–H groups in total. The zero-order valence-electron chi connectivity index (χ0n) is 13.0. The van der Waals surface area contributed by atoms with Gasteiger partial charge in [0.05, 0.1) is 18.6 Å². The molecule has 0 unspecified atom stereocenters. The van der Waals surface area contributed by atoms with Crippen LogP contribution in [-0.4, -0.2) is 39.1 Å². The lowest BCUT2D eigenvalue weighted by atomic mass is 10.2. The molecule has 1 amide bonds. The van der Waals surface area contributed by atoms with Gasteiger partial charge in [-0.2, -0.15) is 4.98 Å². The predicted molar refractivity (Wildman–Crippen MR) is 95.7 cm³/mol. The summed E-state index contributed by atoms with van der Waals surface area (Å²) in [6.45, 7) is 0. The molecule has 130 valence electrons. The number of nitrogens with two attached hydrogens (primary N) is 1. The maximum absolute atomic E-state index is 10.8. The summed E-state index contributed by atoms with van der Waals surface area (Å²) in [5, 5.41) is 12.0. The summed E-state index contributed by atoms with van der Waals surface area (Å²) in [7, 11) is 1.61. The van der Waals surface area contributed by atoms with Crippen LogP contribution in [0.2, 0.25) is 0 Å². The molecule has 0 saturated carbocycles. The second-order valence-corrected chi connectivity index (χ2v) is 8.04. The lowest BCUT2D eigenvalue weighted by Crippen LogP contribution is -2.12. The molecule has 3 rings (SSSR count). The fourth-order valence-electron chi connectivity index (χ4n) is 1.76. The Morgan fingerprint density at radius 1 is 1.32 bits per heavy atom. The first-order chi connectivity index (χ1) is 12.1. The van der Waals surface area contributed by atoms with E-state index in [0.29, 0.717) is 21.8 Å². The first-order valence-corrected chi connectivity index (χ1v) is 9.77. The molecule has 25 heavy (non-hydrogen) atoms. The second kappa shape index (κ2) is 8.32. The lowest BCUT2D eigenvalue weighted by Gasteiger charge is -1.99. The third-order valence-electron chi connectivity index (χ3n) is 2.84. The quantitative estimate of drug-likeness (QED) is 0.574.